The van der Waals surface area contributed by atoms with Crippen LogP contribution in [0.2, 0.25) is 0 Å². The number of carbonyl (C=O) groups is 2. The Hall–Kier alpha value is -3.56. The summed E-state index contributed by atoms with van der Waals surface area (Å²) in [6, 6.07) is 24.0. The number of benzene rings is 3. The molecule has 1 heterocycles. The number of nitriles is 1. The molecule has 1 atom stereocenters. The first-order valence-corrected chi connectivity index (χ1v) is 11.9. The van der Waals surface area contributed by atoms with Crippen LogP contribution in [0.3, 0.4) is 0 Å². The van der Waals surface area contributed by atoms with Gasteiger partial charge >= 0.3 is 0 Å². The van der Waals surface area contributed by atoms with E-state index in [-0.39, 0.29) is 29.9 Å². The molecule has 2 amide bonds. The second-order valence-electron chi connectivity index (χ2n) is 8.34. The van der Waals surface area contributed by atoms with Gasteiger partial charge in [0.25, 0.3) is 0 Å². The van der Waals surface area contributed by atoms with Gasteiger partial charge in [-0.15, -0.1) is 0 Å². The quantitative estimate of drug-likeness (QED) is 0.501. The van der Waals surface area contributed by atoms with E-state index < -0.39 is 0 Å². The third-order valence-corrected chi connectivity index (χ3v) is 6.79. The van der Waals surface area contributed by atoms with Crippen LogP contribution in [0.5, 0.6) is 0 Å². The normalized spacial score (nSPS) is 15.9. The molecule has 0 bridgehead atoms. The highest BCUT2D eigenvalue weighted by Crippen LogP contribution is 2.36. The van der Waals surface area contributed by atoms with E-state index in [1.165, 1.54) is 17.3 Å². The van der Waals surface area contributed by atoms with E-state index in [1.54, 1.807) is 0 Å². The lowest BCUT2D eigenvalue weighted by molar-refractivity contribution is -0.121. The molecule has 0 aliphatic carbocycles. The number of carbonyl (C=O) groups excluding carboxylic acids is 2. The Morgan fingerprint density at radius 3 is 2.58 bits per heavy atom. The lowest BCUT2D eigenvalue weighted by atomic mass is 9.86. The fourth-order valence-corrected chi connectivity index (χ4v) is 4.87. The van der Waals surface area contributed by atoms with Crippen LogP contribution in [0.15, 0.2) is 77.3 Å². The number of nitrogens with one attached hydrogen (secondary N) is 2. The van der Waals surface area contributed by atoms with Crippen molar-refractivity contribution >= 4 is 40.0 Å². The summed E-state index contributed by atoms with van der Waals surface area (Å²) in [6.07, 6.45) is 0.218. The molecule has 0 spiro atoms. The Labute approximate surface area is 197 Å². The summed E-state index contributed by atoms with van der Waals surface area (Å²) in [6.45, 7) is 4.25. The molecule has 1 unspecified atom stereocenters. The van der Waals surface area contributed by atoms with E-state index in [0.717, 1.165) is 22.0 Å². The van der Waals surface area contributed by atoms with Gasteiger partial charge in [0.1, 0.15) is 0 Å². The fraction of sp³-hybridized carbons (Fsp3) is 0.222. The van der Waals surface area contributed by atoms with Gasteiger partial charge in [0.15, 0.2) is 0 Å². The first-order valence-electron chi connectivity index (χ1n) is 10.9. The van der Waals surface area contributed by atoms with Crippen molar-refractivity contribution in [2.24, 2.45) is 0 Å². The Morgan fingerprint density at radius 1 is 1.12 bits per heavy atom. The molecule has 166 valence electrons. The first kappa shape index (κ1) is 22.6. The molecule has 4 rings (SSSR count). The molecule has 0 aromatic heterocycles. The predicted octanol–water partition coefficient (Wildman–Crippen LogP) is 5.67. The number of rotatable bonds is 6. The van der Waals surface area contributed by atoms with Gasteiger partial charge < -0.3 is 10.6 Å². The van der Waals surface area contributed by atoms with Gasteiger partial charge in [-0.05, 0) is 28.5 Å². The van der Waals surface area contributed by atoms with Crippen molar-refractivity contribution in [3.63, 3.8) is 0 Å². The molecular weight excluding hydrogens is 430 g/mol. The SMILES string of the molecule is CC(C)c1ccc(C2CC(=O)NC(SCC(=O)Nc3cccc4ccccc34)=C2C#N)cc1. The zero-order chi connectivity index (χ0) is 23.4. The Bertz CT molecular complexity index is 1270. The molecular formula is C27H25N3O2S. The average Bonchev–Trinajstić information content (AvgIpc) is 2.82. The Kier molecular flexibility index (Phi) is 6.81. The fourth-order valence-electron chi connectivity index (χ4n) is 3.99. The van der Waals surface area contributed by atoms with Gasteiger partial charge in [0.05, 0.1) is 22.4 Å². The summed E-state index contributed by atoms with van der Waals surface area (Å²) >= 11 is 1.19. The van der Waals surface area contributed by atoms with Crippen molar-refractivity contribution in [1.82, 2.24) is 5.32 Å². The predicted molar refractivity (Wildman–Crippen MR) is 134 cm³/mol. The number of thioether (sulfide) groups is 1. The highest BCUT2D eigenvalue weighted by atomic mass is 32.2. The molecule has 3 aromatic rings. The molecule has 2 N–H and O–H groups in total. The summed E-state index contributed by atoms with van der Waals surface area (Å²) in [5.74, 6) is -0.162. The smallest absolute Gasteiger partial charge is 0.234 e. The van der Waals surface area contributed by atoms with Gasteiger partial charge in [-0.3, -0.25) is 9.59 Å². The van der Waals surface area contributed by atoms with Crippen LogP contribution in [0.1, 0.15) is 43.2 Å². The lowest BCUT2D eigenvalue weighted by Gasteiger charge is -2.25. The van der Waals surface area contributed by atoms with E-state index in [9.17, 15) is 14.9 Å². The lowest BCUT2D eigenvalue weighted by Crippen LogP contribution is -2.31. The molecule has 1 aliphatic rings. The maximum Gasteiger partial charge on any atom is 0.234 e. The van der Waals surface area contributed by atoms with Gasteiger partial charge in [0.2, 0.25) is 11.8 Å². The zero-order valence-electron chi connectivity index (χ0n) is 18.6. The van der Waals surface area contributed by atoms with Crippen LogP contribution in [0, 0.1) is 11.3 Å². The van der Waals surface area contributed by atoms with Crippen LogP contribution in [0.4, 0.5) is 5.69 Å². The van der Waals surface area contributed by atoms with E-state index in [1.807, 2.05) is 66.7 Å². The first-order chi connectivity index (χ1) is 16.0. The van der Waals surface area contributed by atoms with Gasteiger partial charge in [-0.2, -0.15) is 5.26 Å². The maximum atomic E-state index is 12.7. The van der Waals surface area contributed by atoms with Gasteiger partial charge in [-0.1, -0.05) is 86.3 Å². The number of anilines is 1. The molecule has 0 saturated carbocycles. The summed E-state index contributed by atoms with van der Waals surface area (Å²) in [5, 5.41) is 18.1. The minimum absolute atomic E-state index is 0.0863. The number of allylic oxidation sites excluding steroid dienone is 1. The van der Waals surface area contributed by atoms with E-state index in [4.69, 9.17) is 0 Å². The van der Waals surface area contributed by atoms with Gasteiger partial charge in [-0.25, -0.2) is 0 Å². The Morgan fingerprint density at radius 2 is 1.85 bits per heavy atom. The zero-order valence-corrected chi connectivity index (χ0v) is 19.4. The molecule has 0 saturated heterocycles. The summed E-state index contributed by atoms with van der Waals surface area (Å²) in [4.78, 5) is 25.1. The van der Waals surface area contributed by atoms with E-state index in [2.05, 4.69) is 30.6 Å². The second-order valence-corrected chi connectivity index (χ2v) is 9.33. The standard InChI is InChI=1S/C27H25N3O2S/c1-17(2)18-10-12-20(13-11-18)22-14-25(31)30-27(23(22)15-28)33-16-26(32)29-24-9-5-7-19-6-3-4-8-21(19)24/h3-13,17,22H,14,16H2,1-2H3,(H,29,32)(H,30,31). The summed E-state index contributed by atoms with van der Waals surface area (Å²) < 4.78 is 0. The Balaban J connectivity index is 1.51. The van der Waals surface area contributed by atoms with Crippen molar-refractivity contribution < 1.29 is 9.59 Å². The number of hydrogen-bond donors (Lipinski definition) is 2. The van der Waals surface area contributed by atoms with E-state index >= 15 is 0 Å². The number of amides is 2. The molecule has 5 nitrogen and oxygen atoms in total. The van der Waals surface area contributed by atoms with Crippen LogP contribution in [-0.2, 0) is 9.59 Å². The monoisotopic (exact) mass is 455 g/mol. The minimum atomic E-state index is -0.311. The number of fused-ring (bicyclic) bond motifs is 1. The summed E-state index contributed by atoms with van der Waals surface area (Å²) in [5.41, 5.74) is 3.38. The molecule has 6 heteroatoms. The highest BCUT2D eigenvalue weighted by molar-refractivity contribution is 8.03. The third-order valence-electron chi connectivity index (χ3n) is 5.77. The largest absolute Gasteiger partial charge is 0.325 e. The maximum absolute atomic E-state index is 12.7. The second kappa shape index (κ2) is 9.93. The van der Waals surface area contributed by atoms with Crippen molar-refractivity contribution in [2.45, 2.75) is 32.1 Å². The van der Waals surface area contributed by atoms with Crippen molar-refractivity contribution in [1.29, 1.82) is 5.26 Å². The van der Waals surface area contributed by atoms with Crippen LogP contribution < -0.4 is 10.6 Å². The van der Waals surface area contributed by atoms with Crippen LogP contribution >= 0.6 is 11.8 Å². The van der Waals surface area contributed by atoms with Gasteiger partial charge in [0, 0.05) is 23.4 Å². The van der Waals surface area contributed by atoms with Crippen LogP contribution in [-0.4, -0.2) is 17.6 Å². The molecule has 33 heavy (non-hydrogen) atoms. The van der Waals surface area contributed by atoms with Crippen molar-refractivity contribution in [2.75, 3.05) is 11.1 Å². The molecule has 1 aliphatic heterocycles. The number of hydrogen-bond acceptors (Lipinski definition) is 4. The van der Waals surface area contributed by atoms with Crippen LogP contribution in [0.25, 0.3) is 10.8 Å². The highest BCUT2D eigenvalue weighted by Gasteiger charge is 2.30. The molecule has 0 radical (unpaired) electrons. The van der Waals surface area contributed by atoms with E-state index in [0.29, 0.717) is 16.5 Å². The summed E-state index contributed by atoms with van der Waals surface area (Å²) in [7, 11) is 0. The number of nitrogens with zero attached hydrogens (tertiary/aromatic N) is 1. The topological polar surface area (TPSA) is 82.0 Å². The average molecular weight is 456 g/mol. The third kappa shape index (κ3) is 5.10. The molecule has 0 fully saturated rings. The molecule has 3 aromatic carbocycles. The van der Waals surface area contributed by atoms with Crippen molar-refractivity contribution in [3.8, 4) is 6.07 Å². The minimum Gasteiger partial charge on any atom is -0.325 e. The van der Waals surface area contributed by atoms with Crippen molar-refractivity contribution in [3.05, 3.63) is 88.5 Å².